The fourth-order valence-corrected chi connectivity index (χ4v) is 4.11. The topological polar surface area (TPSA) is 30.5 Å². The summed E-state index contributed by atoms with van der Waals surface area (Å²) in [5.74, 6) is 1.80. The van der Waals surface area contributed by atoms with Crippen molar-refractivity contribution in [3.8, 4) is 11.5 Å². The minimum atomic E-state index is -0.0327. The van der Waals surface area contributed by atoms with Crippen LogP contribution in [0.25, 0.3) is 0 Å². The smallest absolute Gasteiger partial charge is 0.118 e. The van der Waals surface area contributed by atoms with E-state index in [0.29, 0.717) is 6.04 Å². The van der Waals surface area contributed by atoms with Crippen molar-refractivity contribution in [3.63, 3.8) is 0 Å². The van der Waals surface area contributed by atoms with E-state index in [1.807, 2.05) is 0 Å². The first-order chi connectivity index (χ1) is 11.7. The lowest BCUT2D eigenvalue weighted by atomic mass is 9.67. The molecule has 1 heterocycles. The van der Waals surface area contributed by atoms with Gasteiger partial charge in [-0.3, -0.25) is 0 Å². The third-order valence-electron chi connectivity index (χ3n) is 5.42. The summed E-state index contributed by atoms with van der Waals surface area (Å²) in [5.41, 5.74) is 2.65. The van der Waals surface area contributed by atoms with Crippen LogP contribution in [0.3, 0.4) is 0 Å². The van der Waals surface area contributed by atoms with Gasteiger partial charge in [-0.05, 0) is 61.2 Å². The van der Waals surface area contributed by atoms with Gasteiger partial charge in [0.25, 0.3) is 0 Å². The second kappa shape index (κ2) is 7.27. The molecule has 2 aromatic carbocycles. The summed E-state index contributed by atoms with van der Waals surface area (Å²) in [6.45, 7) is 3.38. The van der Waals surface area contributed by atoms with Crippen molar-refractivity contribution in [1.82, 2.24) is 5.32 Å². The van der Waals surface area contributed by atoms with Crippen LogP contribution in [-0.4, -0.2) is 26.8 Å². The lowest BCUT2D eigenvalue weighted by molar-refractivity contribution is 0.361. The molecule has 1 fully saturated rings. The summed E-state index contributed by atoms with van der Waals surface area (Å²) in [6.07, 6.45) is 3.48. The molecule has 0 aromatic heterocycles. The summed E-state index contributed by atoms with van der Waals surface area (Å²) in [4.78, 5) is 0. The molecule has 1 N–H and O–H groups in total. The van der Waals surface area contributed by atoms with Crippen LogP contribution in [0.2, 0.25) is 0 Å². The van der Waals surface area contributed by atoms with E-state index in [1.165, 1.54) is 24.0 Å². The van der Waals surface area contributed by atoms with Crippen molar-refractivity contribution < 1.29 is 9.47 Å². The zero-order valence-electron chi connectivity index (χ0n) is 14.8. The van der Waals surface area contributed by atoms with Crippen LogP contribution in [-0.2, 0) is 5.41 Å². The van der Waals surface area contributed by atoms with E-state index in [9.17, 15) is 0 Å². The summed E-state index contributed by atoms with van der Waals surface area (Å²) in [5, 5.41) is 3.74. The predicted molar refractivity (Wildman–Crippen MR) is 98.1 cm³/mol. The highest BCUT2D eigenvalue weighted by molar-refractivity contribution is 5.45. The SMILES string of the molecule is CCC(c1ccc(OC)cc1)(c1ccc(OC)cc1)C1CCCN1. The van der Waals surface area contributed by atoms with Crippen LogP contribution in [0.15, 0.2) is 48.5 Å². The second-order valence-electron chi connectivity index (χ2n) is 6.43. The molecular formula is C21H27NO2. The maximum absolute atomic E-state index is 5.34. The molecule has 0 radical (unpaired) electrons. The minimum Gasteiger partial charge on any atom is -0.497 e. The number of rotatable bonds is 6. The van der Waals surface area contributed by atoms with Gasteiger partial charge in [0, 0.05) is 11.5 Å². The lowest BCUT2D eigenvalue weighted by Crippen LogP contribution is -2.45. The standard InChI is InChI=1S/C21H27NO2/c1-4-21(20-6-5-15-22-20,16-7-11-18(23-2)12-8-16)17-9-13-19(24-3)14-10-17/h7-14,20,22H,4-6,15H2,1-3H3. The van der Waals surface area contributed by atoms with Crippen LogP contribution in [0.1, 0.15) is 37.3 Å². The van der Waals surface area contributed by atoms with Gasteiger partial charge in [-0.2, -0.15) is 0 Å². The molecule has 1 unspecified atom stereocenters. The number of nitrogens with one attached hydrogen (secondary N) is 1. The van der Waals surface area contributed by atoms with E-state index < -0.39 is 0 Å². The van der Waals surface area contributed by atoms with E-state index in [0.717, 1.165) is 24.5 Å². The molecule has 0 aliphatic carbocycles. The fraction of sp³-hybridized carbons (Fsp3) is 0.429. The maximum atomic E-state index is 5.34. The summed E-state index contributed by atoms with van der Waals surface area (Å²) in [7, 11) is 3.42. The second-order valence-corrected chi connectivity index (χ2v) is 6.43. The number of methoxy groups -OCH3 is 2. The maximum Gasteiger partial charge on any atom is 0.118 e. The summed E-state index contributed by atoms with van der Waals surface area (Å²) >= 11 is 0. The molecule has 1 aliphatic rings. The molecule has 0 bridgehead atoms. The molecule has 1 atom stereocenters. The molecule has 3 heteroatoms. The van der Waals surface area contributed by atoms with Crippen molar-refractivity contribution in [2.75, 3.05) is 20.8 Å². The Balaban J connectivity index is 2.10. The van der Waals surface area contributed by atoms with E-state index in [-0.39, 0.29) is 5.41 Å². The number of hydrogen-bond donors (Lipinski definition) is 1. The molecule has 0 amide bonds. The molecule has 24 heavy (non-hydrogen) atoms. The fourth-order valence-electron chi connectivity index (χ4n) is 4.11. The van der Waals surface area contributed by atoms with Gasteiger partial charge in [-0.15, -0.1) is 0 Å². The van der Waals surface area contributed by atoms with Gasteiger partial charge in [0.05, 0.1) is 14.2 Å². The Morgan fingerprint density at radius 2 is 1.42 bits per heavy atom. The Hall–Kier alpha value is -2.00. The Morgan fingerprint density at radius 1 is 0.917 bits per heavy atom. The van der Waals surface area contributed by atoms with E-state index in [1.54, 1.807) is 14.2 Å². The highest BCUT2D eigenvalue weighted by Gasteiger charge is 2.41. The number of hydrogen-bond acceptors (Lipinski definition) is 3. The summed E-state index contributed by atoms with van der Waals surface area (Å²) in [6, 6.07) is 17.6. The van der Waals surface area contributed by atoms with Gasteiger partial charge in [-0.25, -0.2) is 0 Å². The van der Waals surface area contributed by atoms with E-state index in [4.69, 9.17) is 9.47 Å². The van der Waals surface area contributed by atoms with Gasteiger partial charge >= 0.3 is 0 Å². The summed E-state index contributed by atoms with van der Waals surface area (Å²) < 4.78 is 10.7. The molecule has 1 saturated heterocycles. The van der Waals surface area contributed by atoms with Crippen LogP contribution in [0.4, 0.5) is 0 Å². The van der Waals surface area contributed by atoms with Gasteiger partial charge in [0.15, 0.2) is 0 Å². The van der Waals surface area contributed by atoms with Crippen LogP contribution >= 0.6 is 0 Å². The molecule has 1 aliphatic heterocycles. The average molecular weight is 325 g/mol. The molecule has 0 saturated carbocycles. The molecule has 0 spiro atoms. The Labute approximate surface area is 145 Å². The highest BCUT2D eigenvalue weighted by atomic mass is 16.5. The van der Waals surface area contributed by atoms with Gasteiger partial charge in [0.2, 0.25) is 0 Å². The lowest BCUT2D eigenvalue weighted by Gasteiger charge is -2.40. The average Bonchev–Trinajstić information content (AvgIpc) is 3.19. The van der Waals surface area contributed by atoms with Crippen LogP contribution < -0.4 is 14.8 Å². The highest BCUT2D eigenvalue weighted by Crippen LogP contribution is 2.42. The van der Waals surface area contributed by atoms with Gasteiger partial charge < -0.3 is 14.8 Å². The third kappa shape index (κ3) is 2.89. The molecular weight excluding hydrogens is 298 g/mol. The molecule has 2 aromatic rings. The largest absolute Gasteiger partial charge is 0.497 e. The molecule has 3 nitrogen and oxygen atoms in total. The first-order valence-corrected chi connectivity index (χ1v) is 8.77. The van der Waals surface area contributed by atoms with Crippen molar-refractivity contribution in [2.45, 2.75) is 37.6 Å². The van der Waals surface area contributed by atoms with Crippen molar-refractivity contribution in [2.24, 2.45) is 0 Å². The Kier molecular flexibility index (Phi) is 5.10. The Bertz CT molecular complexity index is 595. The quantitative estimate of drug-likeness (QED) is 0.865. The zero-order valence-corrected chi connectivity index (χ0v) is 14.8. The third-order valence-corrected chi connectivity index (χ3v) is 5.42. The van der Waals surface area contributed by atoms with Crippen molar-refractivity contribution in [1.29, 1.82) is 0 Å². The first-order valence-electron chi connectivity index (χ1n) is 8.77. The predicted octanol–water partition coefficient (Wildman–Crippen LogP) is 4.15. The zero-order chi connectivity index (χ0) is 17.0. The molecule has 3 rings (SSSR count). The molecule has 128 valence electrons. The number of benzene rings is 2. The van der Waals surface area contributed by atoms with Crippen molar-refractivity contribution >= 4 is 0 Å². The Morgan fingerprint density at radius 3 is 1.75 bits per heavy atom. The van der Waals surface area contributed by atoms with Crippen LogP contribution in [0.5, 0.6) is 11.5 Å². The van der Waals surface area contributed by atoms with Crippen molar-refractivity contribution in [3.05, 3.63) is 59.7 Å². The van der Waals surface area contributed by atoms with Crippen LogP contribution in [0, 0.1) is 0 Å². The normalized spacial score (nSPS) is 17.7. The van der Waals surface area contributed by atoms with E-state index in [2.05, 4.69) is 60.8 Å². The monoisotopic (exact) mass is 325 g/mol. The first kappa shape index (κ1) is 16.8. The van der Waals surface area contributed by atoms with Gasteiger partial charge in [0.1, 0.15) is 11.5 Å². The minimum absolute atomic E-state index is 0.0327. The van der Waals surface area contributed by atoms with E-state index >= 15 is 0 Å². The number of ether oxygens (including phenoxy) is 2. The van der Waals surface area contributed by atoms with Gasteiger partial charge in [-0.1, -0.05) is 31.2 Å².